The van der Waals surface area contributed by atoms with Crippen LogP contribution < -0.4 is 10.6 Å². The van der Waals surface area contributed by atoms with Gasteiger partial charge in [-0.15, -0.1) is 0 Å². The van der Waals surface area contributed by atoms with E-state index in [0.717, 1.165) is 0 Å². The van der Waals surface area contributed by atoms with Crippen LogP contribution in [-0.2, 0) is 9.53 Å². The Hall–Kier alpha value is -3.85. The van der Waals surface area contributed by atoms with Crippen molar-refractivity contribution >= 4 is 40.9 Å². The first kappa shape index (κ1) is 24.8. The SMILES string of the molecule is COC(=O)[C@H](C(C)C)N(C)C(=O)c1cc(-c2ccc(NC(=O)Nc3ccccc3Cl)cc2)no1. The largest absolute Gasteiger partial charge is 0.467 e. The molecule has 0 spiro atoms. The zero-order valence-electron chi connectivity index (χ0n) is 19.2. The highest BCUT2D eigenvalue weighted by atomic mass is 35.5. The number of methoxy groups -OCH3 is 1. The minimum atomic E-state index is -0.756. The second-order valence-electron chi connectivity index (χ2n) is 7.84. The number of benzene rings is 2. The molecular weight excluding hydrogens is 460 g/mol. The summed E-state index contributed by atoms with van der Waals surface area (Å²) in [6.45, 7) is 3.64. The zero-order chi connectivity index (χ0) is 24.8. The molecule has 10 heteroatoms. The summed E-state index contributed by atoms with van der Waals surface area (Å²) in [6, 6.07) is 14.1. The smallest absolute Gasteiger partial charge is 0.328 e. The third-order valence-corrected chi connectivity index (χ3v) is 5.42. The van der Waals surface area contributed by atoms with Gasteiger partial charge in [-0.3, -0.25) is 4.79 Å². The summed E-state index contributed by atoms with van der Waals surface area (Å²) >= 11 is 6.05. The van der Waals surface area contributed by atoms with E-state index >= 15 is 0 Å². The minimum Gasteiger partial charge on any atom is -0.467 e. The number of amides is 3. The summed E-state index contributed by atoms with van der Waals surface area (Å²) in [7, 11) is 2.79. The average Bonchev–Trinajstić information content (AvgIpc) is 3.30. The van der Waals surface area contributed by atoms with Crippen molar-refractivity contribution in [2.45, 2.75) is 19.9 Å². The molecule has 2 aromatic carbocycles. The molecule has 3 aromatic rings. The maximum Gasteiger partial charge on any atom is 0.328 e. The predicted molar refractivity (Wildman–Crippen MR) is 129 cm³/mol. The van der Waals surface area contributed by atoms with Crippen LogP contribution in [0.2, 0.25) is 5.02 Å². The zero-order valence-corrected chi connectivity index (χ0v) is 19.9. The lowest BCUT2D eigenvalue weighted by molar-refractivity contribution is -0.147. The molecule has 0 saturated carbocycles. The Morgan fingerprint density at radius 1 is 1.06 bits per heavy atom. The van der Waals surface area contributed by atoms with Gasteiger partial charge < -0.3 is 24.8 Å². The van der Waals surface area contributed by atoms with Gasteiger partial charge in [0.05, 0.1) is 17.8 Å². The number of halogens is 1. The molecule has 0 aliphatic carbocycles. The third kappa shape index (κ3) is 5.74. The predicted octanol–water partition coefficient (Wildman–Crippen LogP) is 4.91. The molecule has 3 rings (SSSR count). The van der Waals surface area contributed by atoms with E-state index in [2.05, 4.69) is 15.8 Å². The van der Waals surface area contributed by atoms with E-state index in [1.54, 1.807) is 48.5 Å². The maximum absolute atomic E-state index is 12.8. The van der Waals surface area contributed by atoms with Gasteiger partial charge in [-0.2, -0.15) is 0 Å². The van der Waals surface area contributed by atoms with Gasteiger partial charge in [0.15, 0.2) is 0 Å². The van der Waals surface area contributed by atoms with Crippen molar-refractivity contribution in [2.24, 2.45) is 5.92 Å². The maximum atomic E-state index is 12.8. The van der Waals surface area contributed by atoms with Crippen LogP contribution in [0, 0.1) is 5.92 Å². The lowest BCUT2D eigenvalue weighted by Crippen LogP contribution is -2.46. The fraction of sp³-hybridized carbons (Fsp3) is 0.250. The Bertz CT molecular complexity index is 1180. The molecule has 1 heterocycles. The number of nitrogens with zero attached hydrogens (tertiary/aromatic N) is 2. The van der Waals surface area contributed by atoms with Crippen LogP contribution >= 0.6 is 11.6 Å². The van der Waals surface area contributed by atoms with Crippen LogP contribution in [0.3, 0.4) is 0 Å². The van der Waals surface area contributed by atoms with E-state index in [1.165, 1.54) is 25.1 Å². The molecule has 34 heavy (non-hydrogen) atoms. The van der Waals surface area contributed by atoms with Gasteiger partial charge in [0, 0.05) is 24.4 Å². The summed E-state index contributed by atoms with van der Waals surface area (Å²) in [4.78, 5) is 38.4. The molecular formula is C24H25ClN4O5. The fourth-order valence-corrected chi connectivity index (χ4v) is 3.56. The monoisotopic (exact) mass is 484 g/mol. The van der Waals surface area contributed by atoms with E-state index in [1.807, 2.05) is 13.8 Å². The minimum absolute atomic E-state index is 0.00614. The van der Waals surface area contributed by atoms with Crippen LogP contribution in [0.5, 0.6) is 0 Å². The molecule has 3 amide bonds. The van der Waals surface area contributed by atoms with Gasteiger partial charge >= 0.3 is 12.0 Å². The van der Waals surface area contributed by atoms with Crippen molar-refractivity contribution in [2.75, 3.05) is 24.8 Å². The number of hydrogen-bond acceptors (Lipinski definition) is 6. The van der Waals surface area contributed by atoms with E-state index < -0.39 is 23.9 Å². The van der Waals surface area contributed by atoms with Gasteiger partial charge in [0.1, 0.15) is 11.7 Å². The standard InChI is InChI=1S/C24H25ClN4O5/c1-14(2)21(23(31)33-4)29(3)22(30)20-13-19(28-34-20)15-9-11-16(12-10-15)26-24(32)27-18-8-6-5-7-17(18)25/h5-14,21H,1-4H3,(H2,26,27,32)/t21-/m0/s1. The van der Waals surface area contributed by atoms with Crippen LogP contribution in [0.4, 0.5) is 16.2 Å². The summed E-state index contributed by atoms with van der Waals surface area (Å²) in [6.07, 6.45) is 0. The Morgan fingerprint density at radius 3 is 2.35 bits per heavy atom. The van der Waals surface area contributed by atoms with Crippen molar-refractivity contribution in [3.8, 4) is 11.3 Å². The number of anilines is 2. The molecule has 0 bridgehead atoms. The highest BCUT2D eigenvalue weighted by molar-refractivity contribution is 6.33. The number of carbonyl (C=O) groups is 3. The molecule has 0 saturated heterocycles. The molecule has 0 radical (unpaired) electrons. The number of hydrogen-bond donors (Lipinski definition) is 2. The molecule has 178 valence electrons. The number of likely N-dealkylation sites (N-methyl/N-ethyl adjacent to an activating group) is 1. The topological polar surface area (TPSA) is 114 Å². The van der Waals surface area contributed by atoms with Crippen molar-refractivity contribution in [3.63, 3.8) is 0 Å². The fourth-order valence-electron chi connectivity index (χ4n) is 3.38. The lowest BCUT2D eigenvalue weighted by atomic mass is 10.0. The van der Waals surface area contributed by atoms with Gasteiger partial charge in [0.2, 0.25) is 5.76 Å². The number of aromatic nitrogens is 1. The quantitative estimate of drug-likeness (QED) is 0.460. The first-order valence-electron chi connectivity index (χ1n) is 10.5. The first-order valence-corrected chi connectivity index (χ1v) is 10.8. The number of esters is 1. The van der Waals surface area contributed by atoms with Crippen LogP contribution in [-0.4, -0.2) is 48.2 Å². The Kier molecular flexibility index (Phi) is 7.91. The lowest BCUT2D eigenvalue weighted by Gasteiger charge is -2.27. The molecule has 1 atom stereocenters. The number of para-hydroxylation sites is 1. The van der Waals surface area contributed by atoms with Crippen molar-refractivity contribution < 1.29 is 23.6 Å². The number of nitrogens with one attached hydrogen (secondary N) is 2. The summed E-state index contributed by atoms with van der Waals surface area (Å²) in [5.74, 6) is -1.16. The van der Waals surface area contributed by atoms with Crippen LogP contribution in [0.15, 0.2) is 59.1 Å². The average molecular weight is 485 g/mol. The van der Waals surface area contributed by atoms with Crippen molar-refractivity contribution in [3.05, 3.63) is 65.4 Å². The molecule has 1 aromatic heterocycles. The Morgan fingerprint density at radius 2 is 1.74 bits per heavy atom. The number of carbonyl (C=O) groups excluding carboxylic acids is 3. The molecule has 2 N–H and O–H groups in total. The van der Waals surface area contributed by atoms with Crippen molar-refractivity contribution in [1.29, 1.82) is 0 Å². The van der Waals surface area contributed by atoms with E-state index in [-0.39, 0.29) is 11.7 Å². The van der Waals surface area contributed by atoms with Gasteiger partial charge in [-0.05, 0) is 30.2 Å². The van der Waals surface area contributed by atoms with Gasteiger partial charge in [-0.1, -0.05) is 54.9 Å². The number of rotatable bonds is 7. The summed E-state index contributed by atoms with van der Waals surface area (Å²) in [5, 5.41) is 9.79. The van der Waals surface area contributed by atoms with E-state index in [4.69, 9.17) is 20.9 Å². The highest BCUT2D eigenvalue weighted by Gasteiger charge is 2.32. The molecule has 0 aliphatic rings. The van der Waals surface area contributed by atoms with E-state index in [0.29, 0.717) is 27.7 Å². The van der Waals surface area contributed by atoms with Crippen LogP contribution in [0.1, 0.15) is 24.4 Å². The second-order valence-corrected chi connectivity index (χ2v) is 8.25. The number of ether oxygens (including phenoxy) is 1. The van der Waals surface area contributed by atoms with Gasteiger partial charge in [0.25, 0.3) is 5.91 Å². The van der Waals surface area contributed by atoms with E-state index in [9.17, 15) is 14.4 Å². The first-order chi connectivity index (χ1) is 16.2. The third-order valence-electron chi connectivity index (χ3n) is 5.09. The normalized spacial score (nSPS) is 11.6. The second kappa shape index (κ2) is 10.8. The number of urea groups is 1. The molecule has 9 nitrogen and oxygen atoms in total. The highest BCUT2D eigenvalue weighted by Crippen LogP contribution is 2.24. The Labute approximate surface area is 202 Å². The molecule has 0 unspecified atom stereocenters. The molecule has 0 aliphatic heterocycles. The Balaban J connectivity index is 1.67. The van der Waals surface area contributed by atoms with Gasteiger partial charge in [-0.25, -0.2) is 9.59 Å². The summed E-state index contributed by atoms with van der Waals surface area (Å²) in [5.41, 5.74) is 2.15. The molecule has 0 fully saturated rings. The van der Waals surface area contributed by atoms with Crippen LogP contribution in [0.25, 0.3) is 11.3 Å². The summed E-state index contributed by atoms with van der Waals surface area (Å²) < 4.78 is 10.0. The van der Waals surface area contributed by atoms with Crippen molar-refractivity contribution in [1.82, 2.24) is 10.1 Å².